The maximum Gasteiger partial charge on any atom is 0.145 e. The first-order valence-corrected chi connectivity index (χ1v) is 5.64. The number of nitrogens with two attached hydrogens (primary N) is 1. The molecular formula is C13H12ClFN2. The van der Waals surface area contributed by atoms with Crippen molar-refractivity contribution in [3.8, 4) is 0 Å². The molecule has 0 saturated heterocycles. The van der Waals surface area contributed by atoms with E-state index in [-0.39, 0.29) is 11.1 Å². The zero-order chi connectivity index (χ0) is 12.3. The summed E-state index contributed by atoms with van der Waals surface area (Å²) >= 11 is 5.72. The van der Waals surface area contributed by atoms with Gasteiger partial charge in [-0.05, 0) is 35.7 Å². The Balaban J connectivity index is 2.19. The number of hydrogen-bond donors (Lipinski definition) is 1. The molecule has 0 aliphatic rings. The van der Waals surface area contributed by atoms with E-state index in [1.807, 2.05) is 12.1 Å². The lowest BCUT2D eigenvalue weighted by Crippen LogP contribution is -2.14. The Morgan fingerprint density at radius 1 is 1.24 bits per heavy atom. The van der Waals surface area contributed by atoms with Gasteiger partial charge in [0.1, 0.15) is 5.82 Å². The number of hydrogen-bond acceptors (Lipinski definition) is 2. The number of aromatic nitrogens is 1. The van der Waals surface area contributed by atoms with Gasteiger partial charge in [-0.1, -0.05) is 23.7 Å². The van der Waals surface area contributed by atoms with Crippen LogP contribution in [-0.2, 0) is 6.42 Å². The first-order valence-electron chi connectivity index (χ1n) is 5.27. The lowest BCUT2D eigenvalue weighted by atomic mass is 10.0. The summed E-state index contributed by atoms with van der Waals surface area (Å²) in [6, 6.07) is 8.34. The van der Waals surface area contributed by atoms with Crippen LogP contribution in [0.5, 0.6) is 0 Å². The Kier molecular flexibility index (Phi) is 3.71. The van der Waals surface area contributed by atoms with Crippen LogP contribution < -0.4 is 5.73 Å². The minimum Gasteiger partial charge on any atom is -0.324 e. The zero-order valence-corrected chi connectivity index (χ0v) is 9.86. The molecule has 0 spiro atoms. The predicted octanol–water partition coefficient (Wildman–Crippen LogP) is 3.12. The van der Waals surface area contributed by atoms with Gasteiger partial charge in [0, 0.05) is 18.4 Å². The van der Waals surface area contributed by atoms with E-state index in [9.17, 15) is 4.39 Å². The van der Waals surface area contributed by atoms with Gasteiger partial charge in [-0.25, -0.2) is 4.39 Å². The summed E-state index contributed by atoms with van der Waals surface area (Å²) in [5.41, 5.74) is 7.47. The SMILES string of the molecule is NC(Cc1cccc(Cl)c1F)c1ccncc1. The third-order valence-corrected chi connectivity index (χ3v) is 2.90. The van der Waals surface area contributed by atoms with Crippen molar-refractivity contribution >= 4 is 11.6 Å². The quantitative estimate of drug-likeness (QED) is 0.909. The summed E-state index contributed by atoms with van der Waals surface area (Å²) in [6.45, 7) is 0. The molecule has 1 heterocycles. The van der Waals surface area contributed by atoms with Crippen molar-refractivity contribution in [2.24, 2.45) is 5.73 Å². The molecular weight excluding hydrogens is 239 g/mol. The maximum atomic E-state index is 13.7. The zero-order valence-electron chi connectivity index (χ0n) is 9.11. The molecule has 4 heteroatoms. The van der Waals surface area contributed by atoms with Gasteiger partial charge in [0.15, 0.2) is 0 Å². The molecule has 0 aliphatic heterocycles. The average Bonchev–Trinajstić information content (AvgIpc) is 2.36. The first-order chi connectivity index (χ1) is 8.18. The van der Waals surface area contributed by atoms with Crippen molar-refractivity contribution in [3.05, 3.63) is 64.7 Å². The van der Waals surface area contributed by atoms with Crippen molar-refractivity contribution in [1.82, 2.24) is 4.98 Å². The normalized spacial score (nSPS) is 12.4. The molecule has 1 atom stereocenters. The lowest BCUT2D eigenvalue weighted by molar-refractivity contribution is 0.593. The fourth-order valence-electron chi connectivity index (χ4n) is 1.67. The minimum absolute atomic E-state index is 0.129. The van der Waals surface area contributed by atoms with Crippen LogP contribution >= 0.6 is 11.6 Å². The van der Waals surface area contributed by atoms with Crippen LogP contribution in [0, 0.1) is 5.82 Å². The van der Waals surface area contributed by atoms with Crippen LogP contribution in [-0.4, -0.2) is 4.98 Å². The molecule has 2 aromatic rings. The Morgan fingerprint density at radius 2 is 1.94 bits per heavy atom. The van der Waals surface area contributed by atoms with E-state index in [1.165, 1.54) is 6.07 Å². The highest BCUT2D eigenvalue weighted by atomic mass is 35.5. The van der Waals surface area contributed by atoms with E-state index in [0.29, 0.717) is 12.0 Å². The number of nitrogens with zero attached hydrogens (tertiary/aromatic N) is 1. The third-order valence-electron chi connectivity index (χ3n) is 2.61. The Bertz CT molecular complexity index is 502. The Labute approximate surface area is 104 Å². The van der Waals surface area contributed by atoms with E-state index in [2.05, 4.69) is 4.98 Å². The smallest absolute Gasteiger partial charge is 0.145 e. The molecule has 0 fully saturated rings. The molecule has 0 bridgehead atoms. The molecule has 2 rings (SSSR count). The fraction of sp³-hybridized carbons (Fsp3) is 0.154. The second-order valence-electron chi connectivity index (χ2n) is 3.80. The highest BCUT2D eigenvalue weighted by molar-refractivity contribution is 6.30. The summed E-state index contributed by atoms with van der Waals surface area (Å²) < 4.78 is 13.7. The number of rotatable bonds is 3. The number of benzene rings is 1. The topological polar surface area (TPSA) is 38.9 Å². The van der Waals surface area contributed by atoms with Gasteiger partial charge in [-0.3, -0.25) is 4.98 Å². The van der Waals surface area contributed by atoms with Crippen molar-refractivity contribution in [2.75, 3.05) is 0 Å². The summed E-state index contributed by atoms with van der Waals surface area (Å²) in [4.78, 5) is 3.92. The van der Waals surface area contributed by atoms with Crippen molar-refractivity contribution in [1.29, 1.82) is 0 Å². The standard InChI is InChI=1S/C13H12ClFN2/c14-11-3-1-2-10(13(11)15)8-12(16)9-4-6-17-7-5-9/h1-7,12H,8,16H2. The Morgan fingerprint density at radius 3 is 2.65 bits per heavy atom. The molecule has 88 valence electrons. The summed E-state index contributed by atoms with van der Waals surface area (Å²) in [5.74, 6) is -0.390. The van der Waals surface area contributed by atoms with Crippen molar-refractivity contribution < 1.29 is 4.39 Å². The second kappa shape index (κ2) is 5.25. The van der Waals surface area contributed by atoms with Gasteiger partial charge >= 0.3 is 0 Å². The fourth-order valence-corrected chi connectivity index (χ4v) is 1.87. The van der Waals surface area contributed by atoms with Crippen molar-refractivity contribution in [3.63, 3.8) is 0 Å². The van der Waals surface area contributed by atoms with Crippen LogP contribution in [0.2, 0.25) is 5.02 Å². The minimum atomic E-state index is -0.390. The molecule has 2 nitrogen and oxygen atoms in total. The van der Waals surface area contributed by atoms with Gasteiger partial charge in [0.2, 0.25) is 0 Å². The highest BCUT2D eigenvalue weighted by Gasteiger charge is 2.11. The predicted molar refractivity (Wildman–Crippen MR) is 66.3 cm³/mol. The third kappa shape index (κ3) is 2.81. The number of pyridine rings is 1. The highest BCUT2D eigenvalue weighted by Crippen LogP contribution is 2.22. The van der Waals surface area contributed by atoms with E-state index in [0.717, 1.165) is 5.56 Å². The Hall–Kier alpha value is -1.45. The lowest BCUT2D eigenvalue weighted by Gasteiger charge is -2.12. The van der Waals surface area contributed by atoms with Gasteiger partial charge in [0.05, 0.1) is 5.02 Å². The number of halogens is 2. The van der Waals surface area contributed by atoms with Gasteiger partial charge in [-0.15, -0.1) is 0 Å². The van der Waals surface area contributed by atoms with E-state index < -0.39 is 5.82 Å². The van der Waals surface area contributed by atoms with Crippen LogP contribution in [0.15, 0.2) is 42.7 Å². The van der Waals surface area contributed by atoms with Gasteiger partial charge < -0.3 is 5.73 Å². The summed E-state index contributed by atoms with van der Waals surface area (Å²) in [7, 11) is 0. The molecule has 0 aliphatic carbocycles. The maximum absolute atomic E-state index is 13.7. The molecule has 0 radical (unpaired) electrons. The molecule has 2 N–H and O–H groups in total. The summed E-state index contributed by atoms with van der Waals surface area (Å²) in [6.07, 6.45) is 3.75. The van der Waals surface area contributed by atoms with E-state index in [4.69, 9.17) is 17.3 Å². The van der Waals surface area contributed by atoms with Crippen LogP contribution in [0.4, 0.5) is 4.39 Å². The van der Waals surface area contributed by atoms with Crippen LogP contribution in [0.25, 0.3) is 0 Å². The molecule has 1 aromatic carbocycles. The van der Waals surface area contributed by atoms with Gasteiger partial charge in [-0.2, -0.15) is 0 Å². The average molecular weight is 251 g/mol. The van der Waals surface area contributed by atoms with Gasteiger partial charge in [0.25, 0.3) is 0 Å². The van der Waals surface area contributed by atoms with Crippen LogP contribution in [0.3, 0.4) is 0 Å². The molecule has 0 amide bonds. The van der Waals surface area contributed by atoms with E-state index in [1.54, 1.807) is 24.5 Å². The monoisotopic (exact) mass is 250 g/mol. The molecule has 1 aromatic heterocycles. The van der Waals surface area contributed by atoms with Crippen molar-refractivity contribution in [2.45, 2.75) is 12.5 Å². The first kappa shape index (κ1) is 12.0. The molecule has 17 heavy (non-hydrogen) atoms. The molecule has 1 unspecified atom stereocenters. The largest absolute Gasteiger partial charge is 0.324 e. The van der Waals surface area contributed by atoms with E-state index >= 15 is 0 Å². The summed E-state index contributed by atoms with van der Waals surface area (Å²) in [5, 5.41) is 0.129. The second-order valence-corrected chi connectivity index (χ2v) is 4.21. The van der Waals surface area contributed by atoms with Crippen LogP contribution in [0.1, 0.15) is 17.2 Å². The molecule has 0 saturated carbocycles.